The van der Waals surface area contributed by atoms with Gasteiger partial charge in [-0.1, -0.05) is 0 Å². The molecule has 0 amide bonds. The molecule has 0 rings (SSSR count). The summed E-state index contributed by atoms with van der Waals surface area (Å²) in [4.78, 5) is 2.67. The van der Waals surface area contributed by atoms with Crippen molar-refractivity contribution >= 4 is 9.39 Å². The van der Waals surface area contributed by atoms with Gasteiger partial charge < -0.3 is 0 Å². The van der Waals surface area contributed by atoms with Crippen molar-refractivity contribution in [3.05, 3.63) is 0 Å². The Morgan fingerprint density at radius 1 is 1.75 bits per heavy atom. The van der Waals surface area contributed by atoms with Crippen LogP contribution in [0, 0.1) is 5.53 Å². The van der Waals surface area contributed by atoms with E-state index in [1.165, 1.54) is 0 Å². The molecule has 0 spiro atoms. The van der Waals surface area contributed by atoms with Gasteiger partial charge in [-0.3, -0.25) is 0 Å². The Kier molecular flexibility index (Phi) is 21.3. The van der Waals surface area contributed by atoms with E-state index in [0.717, 1.165) is 0 Å². The van der Waals surface area contributed by atoms with Crippen LogP contribution in [0.3, 0.4) is 0 Å². The van der Waals surface area contributed by atoms with Gasteiger partial charge in [0.2, 0.25) is 0 Å². The number of hydrogen-bond donors (Lipinski definition) is 1. The van der Waals surface area contributed by atoms with Crippen LogP contribution in [0.5, 0.6) is 0 Å². The first-order chi connectivity index (χ1) is 1.41. The maximum Gasteiger partial charge on any atom is 0.0107 e. The topological polar surface area (TPSA) is 36.2 Å². The molecule has 0 aliphatic carbocycles. The maximum atomic E-state index is 5.80. The second kappa shape index (κ2) is 9.67. The number of rotatable bonds is 0. The zero-order valence-corrected chi connectivity index (χ0v) is 3.98. The van der Waals surface area contributed by atoms with Crippen molar-refractivity contribution < 1.29 is 16.5 Å². The van der Waals surface area contributed by atoms with Gasteiger partial charge in [0, 0.05) is 25.9 Å². The fourth-order valence-corrected chi connectivity index (χ4v) is 0. The molecule has 1 unspecified atom stereocenters. The molecule has 1 atom stereocenters. The van der Waals surface area contributed by atoms with Gasteiger partial charge in [0.25, 0.3) is 0 Å². The van der Waals surface area contributed by atoms with E-state index in [1.54, 1.807) is 0 Å². The quantitative estimate of drug-likeness (QED) is 0.279. The molecular weight excluding hydrogens is 118 g/mol. The second-order valence-electron chi connectivity index (χ2n) is 0.129. The Hall–Kier alpha value is 0.524. The van der Waals surface area contributed by atoms with Gasteiger partial charge in [0.05, 0.1) is 0 Å². The second-order valence-corrected chi connectivity index (χ2v) is 0.387. The van der Waals surface area contributed by atoms with Crippen molar-refractivity contribution in [3.8, 4) is 0 Å². The van der Waals surface area contributed by atoms with Gasteiger partial charge in [-0.2, -0.15) is 4.88 Å². The van der Waals surface area contributed by atoms with Crippen LogP contribution < -0.4 is 0 Å². The van der Waals surface area contributed by atoms with E-state index in [1.807, 2.05) is 9.39 Å². The standard InChI is InChI=1S/H3N2P.Ni/c1-2-3;/h1H,3H2;. The fraction of sp³-hybridized carbons (Fsp3) is 0. The van der Waals surface area contributed by atoms with Crippen molar-refractivity contribution in [2.75, 3.05) is 0 Å². The molecule has 28 valence electrons. The van der Waals surface area contributed by atoms with Gasteiger partial charge in [-0.25, -0.2) is 5.53 Å². The Bertz CT molecular complexity index is 13.5. The summed E-state index contributed by atoms with van der Waals surface area (Å²) in [5, 5.41) is 0. The molecule has 0 fully saturated rings. The minimum absolute atomic E-state index is 0. The SMILES string of the molecule is N=NP.[Ni]. The van der Waals surface area contributed by atoms with Crippen molar-refractivity contribution in [2.45, 2.75) is 0 Å². The Balaban J connectivity index is 0. The molecule has 0 heterocycles. The van der Waals surface area contributed by atoms with E-state index >= 15 is 0 Å². The zero-order valence-electron chi connectivity index (χ0n) is 1.84. The first kappa shape index (κ1) is 8.82. The number of nitrogens with zero attached hydrogens (tertiary/aromatic N) is 1. The molecule has 0 saturated carbocycles. The Morgan fingerprint density at radius 3 is 1.75 bits per heavy atom. The number of hydrogen-bond acceptors (Lipinski definition) is 2. The molecule has 0 aliphatic rings. The van der Waals surface area contributed by atoms with Crippen molar-refractivity contribution in [1.82, 2.24) is 0 Å². The van der Waals surface area contributed by atoms with Crippen LogP contribution in [0.25, 0.3) is 0 Å². The summed E-state index contributed by atoms with van der Waals surface area (Å²) in [5.41, 5.74) is 5.80. The maximum absolute atomic E-state index is 5.80. The van der Waals surface area contributed by atoms with Crippen LogP contribution in [0.2, 0.25) is 0 Å². The van der Waals surface area contributed by atoms with Crippen LogP contribution >= 0.6 is 9.39 Å². The van der Waals surface area contributed by atoms with Crippen molar-refractivity contribution in [1.29, 1.82) is 5.53 Å². The molecule has 0 aromatic heterocycles. The molecule has 4 heteroatoms. The third kappa shape index (κ3) is 21.4. The Labute approximate surface area is 37.0 Å². The molecular formula is H3N2NiP. The van der Waals surface area contributed by atoms with E-state index in [9.17, 15) is 0 Å². The van der Waals surface area contributed by atoms with Crippen LogP contribution in [-0.4, -0.2) is 0 Å². The monoisotopic (exact) mass is 120 g/mol. The average Bonchev–Trinajstić information content (AvgIpc) is 0.918. The molecule has 2 nitrogen and oxygen atoms in total. The number of nitrogens with one attached hydrogen (secondary N) is 1. The predicted octanol–water partition coefficient (Wildman–Crippen LogP) is 0.805. The molecule has 0 radical (unpaired) electrons. The fourth-order valence-electron chi connectivity index (χ4n) is 0. The van der Waals surface area contributed by atoms with Crippen LogP contribution in [0.4, 0.5) is 0 Å². The molecule has 4 heavy (non-hydrogen) atoms. The third-order valence-electron chi connectivity index (χ3n) is 0. The molecule has 0 aromatic rings. The van der Waals surface area contributed by atoms with Gasteiger partial charge >= 0.3 is 0 Å². The first-order valence-corrected chi connectivity index (χ1v) is 0.998. The summed E-state index contributed by atoms with van der Waals surface area (Å²) >= 11 is 0. The molecule has 0 aromatic carbocycles. The van der Waals surface area contributed by atoms with E-state index in [4.69, 9.17) is 5.53 Å². The van der Waals surface area contributed by atoms with Gasteiger partial charge in [-0.15, -0.1) is 0 Å². The van der Waals surface area contributed by atoms with Gasteiger partial charge in [0.1, 0.15) is 0 Å². The van der Waals surface area contributed by atoms with E-state index in [0.29, 0.717) is 0 Å². The predicted molar refractivity (Wildman–Crippen MR) is 14.9 cm³/mol. The van der Waals surface area contributed by atoms with E-state index < -0.39 is 0 Å². The van der Waals surface area contributed by atoms with Crippen LogP contribution in [0.1, 0.15) is 0 Å². The first-order valence-electron chi connectivity index (χ1n) is 0.482. The molecule has 0 bridgehead atoms. The van der Waals surface area contributed by atoms with Crippen molar-refractivity contribution in [3.63, 3.8) is 0 Å². The third-order valence-corrected chi connectivity index (χ3v) is 0. The summed E-state index contributed by atoms with van der Waals surface area (Å²) in [6.07, 6.45) is 0. The van der Waals surface area contributed by atoms with Crippen LogP contribution in [-0.2, 0) is 16.5 Å². The van der Waals surface area contributed by atoms with Gasteiger partial charge in [0.15, 0.2) is 0 Å². The molecule has 0 aliphatic heterocycles. The zero-order chi connectivity index (χ0) is 2.71. The van der Waals surface area contributed by atoms with Crippen LogP contribution in [0.15, 0.2) is 4.88 Å². The van der Waals surface area contributed by atoms with Gasteiger partial charge in [-0.05, 0) is 0 Å². The minimum Gasteiger partial charge on any atom is -0.207 e. The van der Waals surface area contributed by atoms with E-state index in [2.05, 4.69) is 4.88 Å². The molecule has 1 N–H and O–H groups in total. The Morgan fingerprint density at radius 2 is 1.75 bits per heavy atom. The summed E-state index contributed by atoms with van der Waals surface area (Å²) < 4.78 is 0. The largest absolute Gasteiger partial charge is 0.207 e. The summed E-state index contributed by atoms with van der Waals surface area (Å²) in [6, 6.07) is 0. The smallest absolute Gasteiger partial charge is 0.0107 e. The normalized spacial score (nSPS) is 3.25. The summed E-state index contributed by atoms with van der Waals surface area (Å²) in [7, 11) is 1.87. The summed E-state index contributed by atoms with van der Waals surface area (Å²) in [5.74, 6) is 0. The summed E-state index contributed by atoms with van der Waals surface area (Å²) in [6.45, 7) is 0. The van der Waals surface area contributed by atoms with E-state index in [-0.39, 0.29) is 16.5 Å². The minimum atomic E-state index is 0. The molecule has 0 saturated heterocycles. The average molecular weight is 121 g/mol. The van der Waals surface area contributed by atoms with Crippen molar-refractivity contribution in [2.24, 2.45) is 4.88 Å².